The minimum atomic E-state index is -1.09. The fourth-order valence-corrected chi connectivity index (χ4v) is 2.65. The first kappa shape index (κ1) is 11.1. The zero-order chi connectivity index (χ0) is 11.9. The van der Waals surface area contributed by atoms with Gasteiger partial charge in [0.2, 0.25) is 5.91 Å². The van der Waals surface area contributed by atoms with E-state index in [1.54, 1.807) is 12.1 Å². The van der Waals surface area contributed by atoms with Crippen LogP contribution in [0.15, 0.2) is 24.3 Å². The van der Waals surface area contributed by atoms with E-state index in [1.165, 1.54) is 11.5 Å². The highest BCUT2D eigenvalue weighted by atomic mass is 127. The minimum Gasteiger partial charge on any atom is -0.477 e. The molecule has 16 heavy (non-hydrogen) atoms. The molecule has 1 aromatic heterocycles. The number of rotatable bonds is 1. The molecule has 0 aliphatic carbocycles. The van der Waals surface area contributed by atoms with E-state index in [0.717, 1.165) is 5.39 Å². The molecule has 1 N–H and O–H groups in total. The van der Waals surface area contributed by atoms with Gasteiger partial charge in [0, 0.05) is 12.3 Å². The van der Waals surface area contributed by atoms with Crippen molar-refractivity contribution in [3.8, 4) is 0 Å². The number of hydrogen-bond acceptors (Lipinski definition) is 2. The first-order valence-electron chi connectivity index (χ1n) is 4.57. The van der Waals surface area contributed by atoms with Crippen LogP contribution < -0.4 is 0 Å². The van der Waals surface area contributed by atoms with Gasteiger partial charge in [-0.15, -0.1) is 0 Å². The van der Waals surface area contributed by atoms with Crippen LogP contribution in [0.2, 0.25) is 0 Å². The van der Waals surface area contributed by atoms with Crippen molar-refractivity contribution in [2.75, 3.05) is 0 Å². The largest absolute Gasteiger partial charge is 0.477 e. The second kappa shape index (κ2) is 3.89. The number of carbonyl (C=O) groups excluding carboxylic acids is 1. The van der Waals surface area contributed by atoms with Crippen LogP contribution in [0.4, 0.5) is 0 Å². The summed E-state index contributed by atoms with van der Waals surface area (Å²) in [5.74, 6) is -1.38. The lowest BCUT2D eigenvalue weighted by Crippen LogP contribution is -2.14. The molecule has 0 saturated heterocycles. The van der Waals surface area contributed by atoms with E-state index in [9.17, 15) is 9.59 Å². The summed E-state index contributed by atoms with van der Waals surface area (Å²) in [7, 11) is 0. The van der Waals surface area contributed by atoms with E-state index >= 15 is 0 Å². The summed E-state index contributed by atoms with van der Waals surface area (Å²) in [6.07, 6.45) is 0. The molecule has 0 unspecified atom stereocenters. The fraction of sp³-hybridized carbons (Fsp3) is 0.0909. The summed E-state index contributed by atoms with van der Waals surface area (Å²) in [4.78, 5) is 22.6. The molecule has 0 radical (unpaired) electrons. The molecule has 0 spiro atoms. The molecule has 0 saturated carbocycles. The first-order valence-corrected chi connectivity index (χ1v) is 5.65. The molecule has 82 valence electrons. The first-order chi connectivity index (χ1) is 7.54. The van der Waals surface area contributed by atoms with Gasteiger partial charge in [0.05, 0.1) is 9.09 Å². The van der Waals surface area contributed by atoms with Crippen molar-refractivity contribution < 1.29 is 14.7 Å². The Morgan fingerprint density at radius 3 is 2.50 bits per heavy atom. The number of aromatic nitrogens is 1. The zero-order valence-electron chi connectivity index (χ0n) is 8.40. The van der Waals surface area contributed by atoms with Crippen molar-refractivity contribution in [1.29, 1.82) is 0 Å². The van der Waals surface area contributed by atoms with Crippen molar-refractivity contribution in [2.24, 2.45) is 0 Å². The normalized spacial score (nSPS) is 10.6. The third-order valence-electron chi connectivity index (χ3n) is 2.33. The number of carboxylic acids is 1. The molecule has 0 amide bonds. The van der Waals surface area contributed by atoms with Crippen molar-refractivity contribution in [2.45, 2.75) is 6.92 Å². The quantitative estimate of drug-likeness (QED) is 0.818. The third-order valence-corrected chi connectivity index (χ3v) is 3.42. The predicted molar refractivity (Wildman–Crippen MR) is 67.9 cm³/mol. The molecule has 0 bridgehead atoms. The van der Waals surface area contributed by atoms with E-state index in [1.807, 2.05) is 34.7 Å². The molecular formula is C11H8INO3. The Hall–Kier alpha value is -1.37. The van der Waals surface area contributed by atoms with Crippen LogP contribution in [0.1, 0.15) is 22.2 Å². The lowest BCUT2D eigenvalue weighted by atomic mass is 10.2. The van der Waals surface area contributed by atoms with Crippen molar-refractivity contribution >= 4 is 45.4 Å². The third kappa shape index (κ3) is 1.51. The molecule has 5 heteroatoms. The van der Waals surface area contributed by atoms with Gasteiger partial charge in [-0.25, -0.2) is 4.79 Å². The molecule has 1 heterocycles. The molecule has 0 aliphatic heterocycles. The number of aromatic carboxylic acids is 1. The second-order valence-corrected chi connectivity index (χ2v) is 4.42. The highest BCUT2D eigenvalue weighted by molar-refractivity contribution is 14.1. The molecular weight excluding hydrogens is 321 g/mol. The Kier molecular flexibility index (Phi) is 2.71. The Morgan fingerprint density at radius 1 is 1.31 bits per heavy atom. The Labute approximate surface area is 105 Å². The van der Waals surface area contributed by atoms with Gasteiger partial charge in [-0.3, -0.25) is 9.36 Å². The molecule has 1 aromatic carbocycles. The Bertz CT molecular complexity index is 601. The standard InChI is InChI=1S/C11H8INO3/c1-6(14)13-8-5-3-2-4-7(8)9(12)10(13)11(15)16/h2-5H,1H3,(H,15,16). The molecule has 2 aromatic rings. The van der Waals surface area contributed by atoms with Gasteiger partial charge in [0.1, 0.15) is 5.69 Å². The van der Waals surface area contributed by atoms with Crippen LogP contribution in [-0.4, -0.2) is 21.6 Å². The highest BCUT2D eigenvalue weighted by Gasteiger charge is 2.22. The van der Waals surface area contributed by atoms with Gasteiger partial charge >= 0.3 is 5.97 Å². The van der Waals surface area contributed by atoms with Crippen molar-refractivity contribution in [3.05, 3.63) is 33.5 Å². The van der Waals surface area contributed by atoms with Gasteiger partial charge in [-0.05, 0) is 28.7 Å². The summed E-state index contributed by atoms with van der Waals surface area (Å²) in [6, 6.07) is 7.15. The molecule has 0 atom stereocenters. The molecule has 0 fully saturated rings. The maximum atomic E-state index is 11.5. The van der Waals surface area contributed by atoms with Crippen LogP contribution >= 0.6 is 22.6 Å². The smallest absolute Gasteiger partial charge is 0.354 e. The van der Waals surface area contributed by atoms with Gasteiger partial charge in [-0.2, -0.15) is 0 Å². The maximum Gasteiger partial charge on any atom is 0.354 e. The number of fused-ring (bicyclic) bond motifs is 1. The molecule has 0 aliphatic rings. The van der Waals surface area contributed by atoms with E-state index in [-0.39, 0.29) is 11.6 Å². The second-order valence-electron chi connectivity index (χ2n) is 3.34. The highest BCUT2D eigenvalue weighted by Crippen LogP contribution is 2.27. The number of hydrogen-bond donors (Lipinski definition) is 1. The van der Waals surface area contributed by atoms with Gasteiger partial charge < -0.3 is 5.11 Å². The number of carboxylic acid groups (broad SMARTS) is 1. The molecule has 2 rings (SSSR count). The van der Waals surface area contributed by atoms with Crippen molar-refractivity contribution in [3.63, 3.8) is 0 Å². The minimum absolute atomic E-state index is 0.0364. The van der Waals surface area contributed by atoms with Crippen molar-refractivity contribution in [1.82, 2.24) is 4.57 Å². The van der Waals surface area contributed by atoms with E-state index in [2.05, 4.69) is 0 Å². The maximum absolute atomic E-state index is 11.5. The monoisotopic (exact) mass is 329 g/mol. The average Bonchev–Trinajstić information content (AvgIpc) is 2.53. The number of para-hydroxylation sites is 1. The Balaban J connectivity index is 2.97. The topological polar surface area (TPSA) is 59.3 Å². The fourth-order valence-electron chi connectivity index (χ4n) is 1.72. The van der Waals surface area contributed by atoms with E-state index in [0.29, 0.717) is 9.09 Å². The lowest BCUT2D eigenvalue weighted by molar-refractivity contribution is 0.0675. The summed E-state index contributed by atoms with van der Waals surface area (Å²) in [5, 5.41) is 9.91. The van der Waals surface area contributed by atoms with E-state index < -0.39 is 5.97 Å². The van der Waals surface area contributed by atoms with Crippen LogP contribution in [0.3, 0.4) is 0 Å². The summed E-state index contributed by atoms with van der Waals surface area (Å²) in [5.41, 5.74) is 0.672. The van der Waals surface area contributed by atoms with Crippen LogP contribution in [-0.2, 0) is 0 Å². The van der Waals surface area contributed by atoms with Crippen LogP contribution in [0.5, 0.6) is 0 Å². The van der Waals surface area contributed by atoms with Gasteiger partial charge in [0.15, 0.2) is 0 Å². The van der Waals surface area contributed by atoms with Crippen LogP contribution in [0, 0.1) is 3.57 Å². The number of benzene rings is 1. The SMILES string of the molecule is CC(=O)n1c(C(=O)O)c(I)c2ccccc21. The van der Waals surface area contributed by atoms with E-state index in [4.69, 9.17) is 5.11 Å². The van der Waals surface area contributed by atoms with Gasteiger partial charge in [-0.1, -0.05) is 18.2 Å². The lowest BCUT2D eigenvalue weighted by Gasteiger charge is -2.02. The predicted octanol–water partition coefficient (Wildman–Crippen LogP) is 2.60. The zero-order valence-corrected chi connectivity index (χ0v) is 10.6. The van der Waals surface area contributed by atoms with Gasteiger partial charge in [0.25, 0.3) is 0 Å². The average molecular weight is 329 g/mol. The Morgan fingerprint density at radius 2 is 1.94 bits per heavy atom. The summed E-state index contributed by atoms with van der Waals surface area (Å²) in [6.45, 7) is 1.36. The molecule has 4 nitrogen and oxygen atoms in total. The van der Waals surface area contributed by atoms with Crippen LogP contribution in [0.25, 0.3) is 10.9 Å². The number of carbonyl (C=O) groups is 2. The summed E-state index contributed by atoms with van der Waals surface area (Å²) < 4.78 is 1.83. The number of halogens is 1. The number of nitrogens with zero attached hydrogens (tertiary/aromatic N) is 1. The summed E-state index contributed by atoms with van der Waals surface area (Å²) >= 11 is 1.95.